The fourth-order valence-electron chi connectivity index (χ4n) is 0.369. The van der Waals surface area contributed by atoms with Gasteiger partial charge in [0.2, 0.25) is 4.74 Å². The molecule has 0 aromatic carbocycles. The third-order valence-corrected chi connectivity index (χ3v) is 3.63. The van der Waals surface area contributed by atoms with Gasteiger partial charge in [-0.1, -0.05) is 10.3 Å². The van der Waals surface area contributed by atoms with E-state index in [1.165, 1.54) is 10.3 Å². The summed E-state index contributed by atoms with van der Waals surface area (Å²) in [7, 11) is 2.88. The van der Waals surface area contributed by atoms with Crippen LogP contribution in [0.1, 0.15) is 10.4 Å². The lowest BCUT2D eigenvalue weighted by Crippen LogP contribution is -1.91. The molecule has 1 rings (SSSR count). The van der Waals surface area contributed by atoms with Crippen molar-refractivity contribution in [3.8, 4) is 0 Å². The number of rotatable bonds is 0. The molecule has 0 N–H and O–H groups in total. The number of aryl methyl sites for hydroxylation is 1. The molecular formula is C5H6OS2. The van der Waals surface area contributed by atoms with E-state index in [9.17, 15) is 4.79 Å². The van der Waals surface area contributed by atoms with Crippen LogP contribution in [0.2, 0.25) is 0 Å². The average molecular weight is 146 g/mol. The molecule has 0 radical (unpaired) electrons. The summed E-state index contributed by atoms with van der Waals surface area (Å²) < 4.78 is 0.215. The highest BCUT2D eigenvalue weighted by Crippen LogP contribution is 2.12. The van der Waals surface area contributed by atoms with E-state index < -0.39 is 0 Å². The Morgan fingerprint density at radius 3 is 2.00 bits per heavy atom. The molecule has 0 aliphatic carbocycles. The van der Waals surface area contributed by atoms with Crippen molar-refractivity contribution in [1.82, 2.24) is 0 Å². The molecule has 1 aromatic heterocycles. The standard InChI is InChI=1S/C5H6OS2/c1-3-4(2)7-8-5(3)6/h1-2H3. The normalized spacial score (nSPS) is 9.75. The summed E-state index contributed by atoms with van der Waals surface area (Å²) in [5.41, 5.74) is 0.917. The molecule has 0 bridgehead atoms. The molecule has 0 atom stereocenters. The average Bonchev–Trinajstić information content (AvgIpc) is 1.98. The predicted molar refractivity (Wildman–Crippen MR) is 37.9 cm³/mol. The highest BCUT2D eigenvalue weighted by Gasteiger charge is 1.97. The molecular weight excluding hydrogens is 140 g/mol. The van der Waals surface area contributed by atoms with Crippen LogP contribution in [-0.2, 0) is 0 Å². The van der Waals surface area contributed by atoms with Crippen molar-refractivity contribution in [3.63, 3.8) is 0 Å². The highest BCUT2D eigenvalue weighted by molar-refractivity contribution is 7.68. The minimum Gasteiger partial charge on any atom is -0.277 e. The van der Waals surface area contributed by atoms with Gasteiger partial charge in [0.25, 0.3) is 0 Å². The molecule has 0 spiro atoms. The SMILES string of the molecule is Cc1ssc(=O)c1C. The Balaban J connectivity index is 3.41. The van der Waals surface area contributed by atoms with Crippen LogP contribution < -0.4 is 4.74 Å². The zero-order chi connectivity index (χ0) is 6.15. The Bertz CT molecular complexity index is 233. The first kappa shape index (κ1) is 5.98. The van der Waals surface area contributed by atoms with Crippen molar-refractivity contribution in [1.29, 1.82) is 0 Å². The first-order chi connectivity index (χ1) is 3.72. The fraction of sp³-hybridized carbons (Fsp3) is 0.400. The largest absolute Gasteiger partial charge is 0.277 e. The molecule has 1 heterocycles. The van der Waals surface area contributed by atoms with E-state index in [1.54, 1.807) is 10.3 Å². The smallest absolute Gasteiger partial charge is 0.246 e. The molecule has 0 amide bonds. The first-order valence-corrected chi connectivity index (χ1v) is 4.43. The number of hydrogen-bond donors (Lipinski definition) is 0. The topological polar surface area (TPSA) is 17.1 Å². The molecule has 0 aliphatic rings. The van der Waals surface area contributed by atoms with Gasteiger partial charge in [-0.25, -0.2) is 0 Å². The molecule has 1 nitrogen and oxygen atoms in total. The van der Waals surface area contributed by atoms with E-state index in [-0.39, 0.29) is 4.74 Å². The van der Waals surface area contributed by atoms with Gasteiger partial charge in [0.05, 0.1) is 0 Å². The van der Waals surface area contributed by atoms with E-state index in [0.717, 1.165) is 10.4 Å². The van der Waals surface area contributed by atoms with E-state index in [2.05, 4.69) is 0 Å². The lowest BCUT2D eigenvalue weighted by atomic mass is 10.3. The summed E-state index contributed by atoms with van der Waals surface area (Å²) >= 11 is 0. The summed E-state index contributed by atoms with van der Waals surface area (Å²) in [6.07, 6.45) is 0. The van der Waals surface area contributed by atoms with Gasteiger partial charge in [0.1, 0.15) is 0 Å². The van der Waals surface area contributed by atoms with Crippen molar-refractivity contribution < 1.29 is 0 Å². The van der Waals surface area contributed by atoms with Gasteiger partial charge in [0, 0.05) is 10.4 Å². The monoisotopic (exact) mass is 146 g/mol. The maximum atomic E-state index is 10.7. The molecule has 8 heavy (non-hydrogen) atoms. The molecule has 1 aromatic rings. The molecule has 3 heteroatoms. The van der Waals surface area contributed by atoms with Crippen molar-refractivity contribution in [2.24, 2.45) is 0 Å². The Hall–Kier alpha value is -0.150. The van der Waals surface area contributed by atoms with Gasteiger partial charge in [-0.15, -0.1) is 0 Å². The van der Waals surface area contributed by atoms with Gasteiger partial charge < -0.3 is 0 Å². The lowest BCUT2D eigenvalue weighted by molar-refractivity contribution is 1.41. The maximum Gasteiger partial charge on any atom is 0.246 e. The first-order valence-electron chi connectivity index (χ1n) is 2.28. The summed E-state index contributed by atoms with van der Waals surface area (Å²) in [5.74, 6) is 0. The highest BCUT2D eigenvalue weighted by atomic mass is 32.9. The molecule has 44 valence electrons. The van der Waals surface area contributed by atoms with Crippen LogP contribution in [0.15, 0.2) is 4.79 Å². The Kier molecular flexibility index (Phi) is 1.49. The van der Waals surface area contributed by atoms with Crippen molar-refractivity contribution in [2.75, 3.05) is 0 Å². The molecule has 0 unspecified atom stereocenters. The van der Waals surface area contributed by atoms with E-state index >= 15 is 0 Å². The fourth-order valence-corrected chi connectivity index (χ4v) is 2.48. The molecule has 0 fully saturated rings. The molecule has 0 saturated carbocycles. The van der Waals surface area contributed by atoms with Gasteiger partial charge in [-0.05, 0) is 24.2 Å². The molecule has 0 aliphatic heterocycles. The predicted octanol–water partition coefficient (Wildman–Crippen LogP) is 1.79. The third kappa shape index (κ3) is 0.833. The summed E-state index contributed by atoms with van der Waals surface area (Å²) in [6.45, 7) is 3.84. The molecule has 0 saturated heterocycles. The van der Waals surface area contributed by atoms with Crippen LogP contribution in [0.4, 0.5) is 0 Å². The van der Waals surface area contributed by atoms with Crippen LogP contribution >= 0.6 is 20.7 Å². The van der Waals surface area contributed by atoms with Gasteiger partial charge in [-0.3, -0.25) is 4.79 Å². The Morgan fingerprint density at radius 1 is 1.25 bits per heavy atom. The van der Waals surface area contributed by atoms with Gasteiger partial charge in [-0.2, -0.15) is 0 Å². The van der Waals surface area contributed by atoms with E-state index in [4.69, 9.17) is 0 Å². The number of hydrogen-bond acceptors (Lipinski definition) is 3. The zero-order valence-corrected chi connectivity index (χ0v) is 6.36. The van der Waals surface area contributed by atoms with E-state index in [1.807, 2.05) is 13.8 Å². The van der Waals surface area contributed by atoms with Gasteiger partial charge >= 0.3 is 0 Å². The third-order valence-electron chi connectivity index (χ3n) is 1.08. The van der Waals surface area contributed by atoms with Crippen molar-refractivity contribution in [3.05, 3.63) is 20.0 Å². The summed E-state index contributed by atoms with van der Waals surface area (Å²) in [6, 6.07) is 0. The maximum absolute atomic E-state index is 10.7. The Morgan fingerprint density at radius 2 is 1.88 bits per heavy atom. The van der Waals surface area contributed by atoms with Crippen LogP contribution in [-0.4, -0.2) is 0 Å². The minimum atomic E-state index is 0.215. The van der Waals surface area contributed by atoms with Crippen LogP contribution in [0, 0.1) is 13.8 Å². The Labute approximate surface area is 55.0 Å². The zero-order valence-electron chi connectivity index (χ0n) is 4.72. The summed E-state index contributed by atoms with van der Waals surface area (Å²) in [4.78, 5) is 11.8. The van der Waals surface area contributed by atoms with Crippen LogP contribution in [0.3, 0.4) is 0 Å². The quantitative estimate of drug-likeness (QED) is 0.510. The van der Waals surface area contributed by atoms with Crippen molar-refractivity contribution in [2.45, 2.75) is 13.8 Å². The second kappa shape index (κ2) is 1.99. The minimum absolute atomic E-state index is 0.215. The second-order valence-electron chi connectivity index (χ2n) is 1.64. The second-order valence-corrected chi connectivity index (χ2v) is 3.95. The van der Waals surface area contributed by atoms with Crippen LogP contribution in [0.25, 0.3) is 0 Å². The van der Waals surface area contributed by atoms with Gasteiger partial charge in [0.15, 0.2) is 0 Å². The van der Waals surface area contributed by atoms with Crippen molar-refractivity contribution >= 4 is 20.7 Å². The van der Waals surface area contributed by atoms with Crippen LogP contribution in [0.5, 0.6) is 0 Å². The summed E-state index contributed by atoms with van der Waals surface area (Å²) in [5, 5.41) is 0. The lowest BCUT2D eigenvalue weighted by Gasteiger charge is -1.77. The van der Waals surface area contributed by atoms with E-state index in [0.29, 0.717) is 0 Å².